The van der Waals surface area contributed by atoms with Gasteiger partial charge in [-0.25, -0.2) is 0 Å². The van der Waals surface area contributed by atoms with Crippen LogP contribution >= 0.6 is 23.2 Å². The highest BCUT2D eigenvalue weighted by atomic mass is 35.5. The summed E-state index contributed by atoms with van der Waals surface area (Å²) in [5.74, 6) is -0.687. The first kappa shape index (κ1) is 22.5. The molecule has 2 aromatic rings. The molecule has 0 radical (unpaired) electrons. The number of aromatic nitrogens is 1. The third-order valence-electron chi connectivity index (χ3n) is 4.54. The number of aromatic amines is 1. The quantitative estimate of drug-likeness (QED) is 0.727. The van der Waals surface area contributed by atoms with E-state index in [1.54, 1.807) is 32.0 Å². The number of benzene rings is 1. The molecule has 1 aromatic carbocycles. The van der Waals surface area contributed by atoms with Crippen molar-refractivity contribution in [2.24, 2.45) is 0 Å². The Morgan fingerprint density at radius 3 is 2.45 bits per heavy atom. The van der Waals surface area contributed by atoms with Crippen LogP contribution in [0.3, 0.4) is 0 Å². The summed E-state index contributed by atoms with van der Waals surface area (Å²) in [6, 6.07) is 6.75. The fourth-order valence-electron chi connectivity index (χ4n) is 2.94. The smallest absolute Gasteiger partial charge is 0.266 e. The van der Waals surface area contributed by atoms with Gasteiger partial charge in [0.2, 0.25) is 11.8 Å². The fourth-order valence-corrected chi connectivity index (χ4v) is 3.43. The second-order valence-electron chi connectivity index (χ2n) is 6.56. The van der Waals surface area contributed by atoms with E-state index in [1.165, 1.54) is 11.9 Å². The number of halogens is 2. The van der Waals surface area contributed by atoms with Gasteiger partial charge in [0, 0.05) is 19.2 Å². The first-order valence-corrected chi connectivity index (χ1v) is 9.51. The molecule has 0 saturated heterocycles. The van der Waals surface area contributed by atoms with E-state index >= 15 is 0 Å². The lowest BCUT2D eigenvalue weighted by Gasteiger charge is -2.18. The third kappa shape index (κ3) is 5.37. The largest absolute Gasteiger partial charge is 0.336 e. The van der Waals surface area contributed by atoms with Gasteiger partial charge in [-0.1, -0.05) is 29.3 Å². The number of anilines is 1. The highest BCUT2D eigenvalue weighted by Crippen LogP contribution is 2.29. The van der Waals surface area contributed by atoms with Crippen LogP contribution in [0.5, 0.6) is 0 Å². The van der Waals surface area contributed by atoms with E-state index in [0.717, 1.165) is 5.56 Å². The van der Waals surface area contributed by atoms with Gasteiger partial charge in [-0.3, -0.25) is 14.4 Å². The molecule has 0 aliphatic carbocycles. The highest BCUT2D eigenvalue weighted by molar-refractivity contribution is 6.39. The average Bonchev–Trinajstić information content (AvgIpc) is 2.64. The van der Waals surface area contributed by atoms with Crippen molar-refractivity contribution in [1.29, 1.82) is 5.26 Å². The molecule has 0 aliphatic heterocycles. The van der Waals surface area contributed by atoms with Gasteiger partial charge < -0.3 is 15.2 Å². The number of hydrogen-bond acceptors (Lipinski definition) is 4. The van der Waals surface area contributed by atoms with Crippen molar-refractivity contribution < 1.29 is 9.59 Å². The van der Waals surface area contributed by atoms with E-state index in [-0.39, 0.29) is 24.4 Å². The van der Waals surface area contributed by atoms with Crippen molar-refractivity contribution in [3.63, 3.8) is 0 Å². The minimum absolute atomic E-state index is 0.0439. The van der Waals surface area contributed by atoms with Crippen molar-refractivity contribution >= 4 is 40.7 Å². The van der Waals surface area contributed by atoms with Gasteiger partial charge in [0.1, 0.15) is 11.6 Å². The van der Waals surface area contributed by atoms with E-state index < -0.39 is 11.5 Å². The van der Waals surface area contributed by atoms with Crippen molar-refractivity contribution in [1.82, 2.24) is 9.88 Å². The van der Waals surface area contributed by atoms with Gasteiger partial charge in [-0.15, -0.1) is 0 Å². The predicted molar refractivity (Wildman–Crippen MR) is 112 cm³/mol. The number of pyridine rings is 1. The number of para-hydroxylation sites is 1. The Morgan fingerprint density at radius 1 is 1.24 bits per heavy atom. The summed E-state index contributed by atoms with van der Waals surface area (Å²) >= 11 is 12.1. The van der Waals surface area contributed by atoms with Crippen molar-refractivity contribution in [3.05, 3.63) is 61.0 Å². The summed E-state index contributed by atoms with van der Waals surface area (Å²) in [4.78, 5) is 40.4. The molecular weight excluding hydrogens is 415 g/mol. The molecule has 0 aliphatic rings. The number of aryl methyl sites for hydroxylation is 1. The maximum absolute atomic E-state index is 12.4. The molecule has 2 amide bonds. The molecule has 0 unspecified atom stereocenters. The van der Waals surface area contributed by atoms with Gasteiger partial charge >= 0.3 is 0 Å². The van der Waals surface area contributed by atoms with Crippen LogP contribution in [0, 0.1) is 25.2 Å². The molecule has 1 heterocycles. The lowest BCUT2D eigenvalue weighted by Crippen LogP contribution is -2.35. The maximum Gasteiger partial charge on any atom is 0.266 e. The number of nitrogens with zero attached hydrogens (tertiary/aromatic N) is 2. The van der Waals surface area contributed by atoms with E-state index in [4.69, 9.17) is 28.5 Å². The van der Waals surface area contributed by atoms with Crippen molar-refractivity contribution in [2.45, 2.75) is 26.7 Å². The molecule has 9 heteroatoms. The van der Waals surface area contributed by atoms with Gasteiger partial charge in [0.25, 0.3) is 5.56 Å². The summed E-state index contributed by atoms with van der Waals surface area (Å²) in [6.07, 6.45) is 0.458. The SMILES string of the molecule is Cc1[nH]c(=O)c(C#N)c(C)c1CCC(=O)N(C)CC(=O)Nc1c(Cl)cccc1Cl. The van der Waals surface area contributed by atoms with Crippen LogP contribution in [0.1, 0.15) is 28.8 Å². The molecule has 0 bridgehead atoms. The number of rotatable bonds is 6. The van der Waals surface area contributed by atoms with Crippen LogP contribution in [-0.4, -0.2) is 35.3 Å². The standard InChI is InChI=1S/C20H20Cl2N4O3/c1-11-13(12(2)24-20(29)14(11)9-23)7-8-18(28)26(3)10-17(27)25-19-15(21)5-4-6-16(19)22/h4-6H,7-8,10H2,1-3H3,(H,24,29)(H,25,27). The Labute approximate surface area is 178 Å². The van der Waals surface area contributed by atoms with Crippen LogP contribution in [0.25, 0.3) is 0 Å². The van der Waals surface area contributed by atoms with Gasteiger partial charge in [0.15, 0.2) is 0 Å². The van der Waals surface area contributed by atoms with E-state index in [0.29, 0.717) is 33.4 Å². The molecule has 0 fully saturated rings. The topological polar surface area (TPSA) is 106 Å². The maximum atomic E-state index is 12.4. The zero-order chi connectivity index (χ0) is 21.7. The summed E-state index contributed by atoms with van der Waals surface area (Å²) in [5, 5.41) is 12.3. The number of carbonyl (C=O) groups excluding carboxylic acids is 2. The lowest BCUT2D eigenvalue weighted by molar-refractivity contribution is -0.133. The number of nitriles is 1. The molecule has 0 atom stereocenters. The number of carbonyl (C=O) groups is 2. The van der Waals surface area contributed by atoms with Crippen LogP contribution in [0.2, 0.25) is 10.0 Å². The number of likely N-dealkylation sites (N-methyl/N-ethyl adjacent to an activating group) is 1. The minimum Gasteiger partial charge on any atom is -0.336 e. The van der Waals surface area contributed by atoms with Crippen LogP contribution in [0.4, 0.5) is 5.69 Å². The average molecular weight is 435 g/mol. The number of H-pyrrole nitrogens is 1. The van der Waals surface area contributed by atoms with Gasteiger partial charge in [-0.05, 0) is 43.5 Å². The molecule has 29 heavy (non-hydrogen) atoms. The number of nitrogens with one attached hydrogen (secondary N) is 2. The minimum atomic E-state index is -0.440. The third-order valence-corrected chi connectivity index (χ3v) is 5.17. The Kier molecular flexibility index (Phi) is 7.43. The van der Waals surface area contributed by atoms with E-state index in [9.17, 15) is 14.4 Å². The van der Waals surface area contributed by atoms with Crippen LogP contribution < -0.4 is 10.9 Å². The molecular formula is C20H20Cl2N4O3. The monoisotopic (exact) mass is 434 g/mol. The Hall–Kier alpha value is -2.82. The van der Waals surface area contributed by atoms with Gasteiger partial charge in [-0.2, -0.15) is 5.26 Å². The first-order chi connectivity index (χ1) is 13.6. The van der Waals surface area contributed by atoms with Crippen molar-refractivity contribution in [2.75, 3.05) is 18.9 Å². The summed E-state index contributed by atoms with van der Waals surface area (Å²) < 4.78 is 0. The normalized spacial score (nSPS) is 10.3. The van der Waals surface area contributed by atoms with E-state index in [2.05, 4.69) is 10.3 Å². The Bertz CT molecular complexity index is 1040. The molecule has 1 aromatic heterocycles. The molecule has 0 spiro atoms. The zero-order valence-corrected chi connectivity index (χ0v) is 17.7. The first-order valence-electron chi connectivity index (χ1n) is 8.76. The summed E-state index contributed by atoms with van der Waals surface area (Å²) in [7, 11) is 1.52. The molecule has 2 N–H and O–H groups in total. The summed E-state index contributed by atoms with van der Waals surface area (Å²) in [5.41, 5.74) is 1.83. The molecule has 2 rings (SSSR count). The van der Waals surface area contributed by atoms with Crippen LogP contribution in [-0.2, 0) is 16.0 Å². The van der Waals surface area contributed by atoms with Crippen LogP contribution in [0.15, 0.2) is 23.0 Å². The summed E-state index contributed by atoms with van der Waals surface area (Å²) in [6.45, 7) is 3.23. The predicted octanol–water partition coefficient (Wildman–Crippen LogP) is 3.20. The van der Waals surface area contributed by atoms with Gasteiger partial charge in [0.05, 0.1) is 22.3 Å². The second kappa shape index (κ2) is 9.59. The molecule has 7 nitrogen and oxygen atoms in total. The van der Waals surface area contributed by atoms with Crippen molar-refractivity contribution in [3.8, 4) is 6.07 Å². The number of amides is 2. The second-order valence-corrected chi connectivity index (χ2v) is 7.38. The molecule has 152 valence electrons. The number of hydrogen-bond donors (Lipinski definition) is 2. The Morgan fingerprint density at radius 2 is 1.86 bits per heavy atom. The lowest BCUT2D eigenvalue weighted by atomic mass is 9.99. The van der Waals surface area contributed by atoms with E-state index in [1.807, 2.05) is 6.07 Å². The zero-order valence-electron chi connectivity index (χ0n) is 16.2. The Balaban J connectivity index is 2.01. The fraction of sp³-hybridized carbons (Fsp3) is 0.300. The highest BCUT2D eigenvalue weighted by Gasteiger charge is 2.17. The molecule has 0 saturated carbocycles.